The van der Waals surface area contributed by atoms with E-state index in [9.17, 15) is 0 Å². The summed E-state index contributed by atoms with van der Waals surface area (Å²) in [4.78, 5) is 0. The van der Waals surface area contributed by atoms with Gasteiger partial charge in [0.05, 0.1) is 24.4 Å². The summed E-state index contributed by atoms with van der Waals surface area (Å²) in [7, 11) is 0. The SMILES string of the molecule is OC1CC(O)CC(O)C(O)C1. The molecule has 66 valence electrons. The zero-order chi connectivity index (χ0) is 8.43. The maximum Gasteiger partial charge on any atom is 0.0824 e. The predicted octanol–water partition coefficient (Wildman–Crippen LogP) is -1.39. The minimum atomic E-state index is -0.901. The Morgan fingerprint density at radius 1 is 0.636 bits per heavy atom. The van der Waals surface area contributed by atoms with Gasteiger partial charge in [-0.2, -0.15) is 0 Å². The van der Waals surface area contributed by atoms with E-state index in [0.717, 1.165) is 0 Å². The summed E-state index contributed by atoms with van der Waals surface area (Å²) in [5, 5.41) is 36.5. The highest BCUT2D eigenvalue weighted by Gasteiger charge is 2.28. The fraction of sp³-hybridized carbons (Fsp3) is 1.00. The summed E-state index contributed by atoms with van der Waals surface area (Å²) in [5.74, 6) is 0. The molecule has 0 amide bonds. The molecule has 11 heavy (non-hydrogen) atoms. The van der Waals surface area contributed by atoms with Crippen LogP contribution in [0.5, 0.6) is 0 Å². The Morgan fingerprint density at radius 2 is 1.00 bits per heavy atom. The van der Waals surface area contributed by atoms with Crippen molar-refractivity contribution in [2.24, 2.45) is 0 Å². The van der Waals surface area contributed by atoms with Crippen molar-refractivity contribution in [1.29, 1.82) is 0 Å². The lowest BCUT2D eigenvalue weighted by molar-refractivity contribution is -0.00755. The zero-order valence-electron chi connectivity index (χ0n) is 6.22. The Labute approximate surface area is 65.1 Å². The molecule has 0 heterocycles. The third-order valence-electron chi connectivity index (χ3n) is 2.02. The van der Waals surface area contributed by atoms with Crippen LogP contribution in [0.2, 0.25) is 0 Å². The summed E-state index contributed by atoms with van der Waals surface area (Å²) in [5.41, 5.74) is 0. The van der Waals surface area contributed by atoms with Gasteiger partial charge >= 0.3 is 0 Å². The van der Waals surface area contributed by atoms with Crippen molar-refractivity contribution >= 4 is 0 Å². The average Bonchev–Trinajstić information content (AvgIpc) is 1.93. The van der Waals surface area contributed by atoms with Gasteiger partial charge < -0.3 is 20.4 Å². The van der Waals surface area contributed by atoms with Crippen molar-refractivity contribution in [3.63, 3.8) is 0 Å². The van der Waals surface area contributed by atoms with Gasteiger partial charge in [-0.3, -0.25) is 0 Å². The molecule has 4 atom stereocenters. The Morgan fingerprint density at radius 3 is 1.36 bits per heavy atom. The van der Waals surface area contributed by atoms with E-state index >= 15 is 0 Å². The molecule has 0 aromatic carbocycles. The van der Waals surface area contributed by atoms with Gasteiger partial charge in [-0.05, 0) is 6.42 Å². The van der Waals surface area contributed by atoms with Crippen molar-refractivity contribution in [3.8, 4) is 0 Å². The molecular formula is C7H14O4. The minimum absolute atomic E-state index is 0.151. The number of hydrogen-bond donors (Lipinski definition) is 4. The van der Waals surface area contributed by atoms with E-state index in [1.807, 2.05) is 0 Å². The Balaban J connectivity index is 2.51. The summed E-state index contributed by atoms with van der Waals surface area (Å²) in [6.07, 6.45) is -2.65. The van der Waals surface area contributed by atoms with Crippen LogP contribution in [0.1, 0.15) is 19.3 Å². The number of rotatable bonds is 0. The van der Waals surface area contributed by atoms with E-state index in [-0.39, 0.29) is 19.3 Å². The highest BCUT2D eigenvalue weighted by atomic mass is 16.3. The summed E-state index contributed by atoms with van der Waals surface area (Å²) < 4.78 is 0. The molecule has 0 radical (unpaired) electrons. The smallest absolute Gasteiger partial charge is 0.0824 e. The van der Waals surface area contributed by atoms with E-state index < -0.39 is 24.4 Å². The van der Waals surface area contributed by atoms with Gasteiger partial charge in [-0.1, -0.05) is 0 Å². The van der Waals surface area contributed by atoms with Crippen LogP contribution in [0.4, 0.5) is 0 Å². The Kier molecular flexibility index (Phi) is 2.84. The molecule has 0 aromatic heterocycles. The van der Waals surface area contributed by atoms with Crippen LogP contribution in [0.25, 0.3) is 0 Å². The van der Waals surface area contributed by atoms with Crippen molar-refractivity contribution < 1.29 is 20.4 Å². The first-order valence-corrected chi connectivity index (χ1v) is 3.82. The van der Waals surface area contributed by atoms with Crippen LogP contribution in [-0.2, 0) is 0 Å². The molecule has 0 saturated heterocycles. The lowest BCUT2D eigenvalue weighted by Crippen LogP contribution is -2.27. The lowest BCUT2D eigenvalue weighted by atomic mass is 10.1. The molecule has 1 fully saturated rings. The largest absolute Gasteiger partial charge is 0.393 e. The quantitative estimate of drug-likeness (QED) is 0.331. The van der Waals surface area contributed by atoms with Crippen LogP contribution in [-0.4, -0.2) is 44.8 Å². The standard InChI is InChI=1S/C7H14O4/c8-4-1-5(9)3-7(11)6(10)2-4/h4-11H,1-3H2. The minimum Gasteiger partial charge on any atom is -0.393 e. The molecule has 0 spiro atoms. The second-order valence-corrected chi connectivity index (χ2v) is 3.15. The fourth-order valence-corrected chi connectivity index (χ4v) is 1.38. The van der Waals surface area contributed by atoms with E-state index in [2.05, 4.69) is 0 Å². The maximum absolute atomic E-state index is 9.12. The maximum atomic E-state index is 9.12. The predicted molar refractivity (Wildman–Crippen MR) is 37.9 cm³/mol. The molecule has 0 aromatic rings. The van der Waals surface area contributed by atoms with Crippen LogP contribution in [0.3, 0.4) is 0 Å². The summed E-state index contributed by atoms with van der Waals surface area (Å²) in [6, 6.07) is 0. The third kappa shape index (κ3) is 2.41. The van der Waals surface area contributed by atoms with Gasteiger partial charge in [-0.15, -0.1) is 0 Å². The molecule has 0 bridgehead atoms. The average molecular weight is 162 g/mol. The molecule has 1 aliphatic carbocycles. The van der Waals surface area contributed by atoms with Gasteiger partial charge in [-0.25, -0.2) is 0 Å². The van der Waals surface area contributed by atoms with Gasteiger partial charge in [0.2, 0.25) is 0 Å². The highest BCUT2D eigenvalue weighted by molar-refractivity contribution is 4.80. The van der Waals surface area contributed by atoms with Crippen LogP contribution >= 0.6 is 0 Å². The molecule has 4 N–H and O–H groups in total. The second kappa shape index (κ2) is 3.49. The highest BCUT2D eigenvalue weighted by Crippen LogP contribution is 2.18. The zero-order valence-corrected chi connectivity index (χ0v) is 6.22. The molecular weight excluding hydrogens is 148 g/mol. The number of hydrogen-bond acceptors (Lipinski definition) is 4. The molecule has 4 unspecified atom stereocenters. The molecule has 1 aliphatic rings. The van der Waals surface area contributed by atoms with E-state index in [1.165, 1.54) is 0 Å². The van der Waals surface area contributed by atoms with E-state index in [4.69, 9.17) is 20.4 Å². The van der Waals surface area contributed by atoms with Crippen molar-refractivity contribution in [1.82, 2.24) is 0 Å². The van der Waals surface area contributed by atoms with E-state index in [1.54, 1.807) is 0 Å². The Bertz CT molecular complexity index is 114. The van der Waals surface area contributed by atoms with Crippen molar-refractivity contribution in [3.05, 3.63) is 0 Å². The van der Waals surface area contributed by atoms with Gasteiger partial charge in [0, 0.05) is 12.8 Å². The third-order valence-corrected chi connectivity index (χ3v) is 2.02. The van der Waals surface area contributed by atoms with Crippen molar-refractivity contribution in [2.45, 2.75) is 43.7 Å². The molecule has 1 rings (SSSR count). The summed E-state index contributed by atoms with van der Waals surface area (Å²) >= 11 is 0. The van der Waals surface area contributed by atoms with Crippen LogP contribution in [0.15, 0.2) is 0 Å². The molecule has 1 saturated carbocycles. The summed E-state index contributed by atoms with van der Waals surface area (Å²) in [6.45, 7) is 0. The van der Waals surface area contributed by atoms with Crippen LogP contribution < -0.4 is 0 Å². The fourth-order valence-electron chi connectivity index (χ4n) is 1.38. The number of aliphatic hydroxyl groups excluding tert-OH is 4. The van der Waals surface area contributed by atoms with Gasteiger partial charge in [0.15, 0.2) is 0 Å². The topological polar surface area (TPSA) is 80.9 Å². The number of aliphatic hydroxyl groups is 4. The first-order valence-electron chi connectivity index (χ1n) is 3.82. The molecule has 4 heteroatoms. The van der Waals surface area contributed by atoms with Gasteiger partial charge in [0.1, 0.15) is 0 Å². The van der Waals surface area contributed by atoms with Crippen LogP contribution in [0, 0.1) is 0 Å². The first kappa shape index (κ1) is 8.93. The second-order valence-electron chi connectivity index (χ2n) is 3.15. The van der Waals surface area contributed by atoms with E-state index in [0.29, 0.717) is 0 Å². The monoisotopic (exact) mass is 162 g/mol. The van der Waals surface area contributed by atoms with Crippen molar-refractivity contribution in [2.75, 3.05) is 0 Å². The normalized spacial score (nSPS) is 46.9. The molecule has 0 aliphatic heterocycles. The Hall–Kier alpha value is -0.160. The first-order chi connectivity index (χ1) is 5.09. The lowest BCUT2D eigenvalue weighted by Gasteiger charge is -2.14. The molecule has 4 nitrogen and oxygen atoms in total. The van der Waals surface area contributed by atoms with Gasteiger partial charge in [0.25, 0.3) is 0 Å².